The first-order valence-corrected chi connectivity index (χ1v) is 35.8. The fourth-order valence-corrected chi connectivity index (χ4v) is 15.9. The van der Waals surface area contributed by atoms with E-state index >= 15 is 0 Å². The van der Waals surface area contributed by atoms with Crippen molar-refractivity contribution in [1.82, 2.24) is 9.80 Å². The van der Waals surface area contributed by atoms with Gasteiger partial charge in [0.1, 0.15) is 47.5 Å². The average molecular weight is 1440 g/mol. The van der Waals surface area contributed by atoms with Gasteiger partial charge in [-0.3, -0.25) is 24.1 Å². The number of likely N-dealkylation sites (N-methyl/N-ethyl adjacent to an activating group) is 2. The van der Waals surface area contributed by atoms with E-state index in [2.05, 4.69) is 5.16 Å². The van der Waals surface area contributed by atoms with Crippen LogP contribution in [0.2, 0.25) is 0 Å². The molecule has 0 aliphatic carbocycles. The summed E-state index contributed by atoms with van der Waals surface area (Å²) in [7, 11) is 7.56. The van der Waals surface area contributed by atoms with Crippen molar-refractivity contribution in [3.8, 4) is 0 Å². The topological polar surface area (TPSA) is 389 Å². The number of nitrogens with zero attached hydrogens (tertiary/aromatic N) is 3. The van der Waals surface area contributed by atoms with Crippen LogP contribution >= 0.6 is 0 Å². The fraction of sp³-hybridized carbons (Fsp3) is 0.930. The third-order valence-corrected chi connectivity index (χ3v) is 22.6. The zero-order valence-electron chi connectivity index (χ0n) is 63.7. The van der Waals surface area contributed by atoms with Crippen LogP contribution in [0.25, 0.3) is 0 Å². The van der Waals surface area contributed by atoms with Crippen molar-refractivity contribution in [2.45, 2.75) is 314 Å². The van der Waals surface area contributed by atoms with Gasteiger partial charge in [-0.1, -0.05) is 60.5 Å². The number of rotatable bonds is 20. The minimum absolute atomic E-state index is 0.00934. The van der Waals surface area contributed by atoms with Crippen LogP contribution in [0.5, 0.6) is 0 Å². The number of ether oxygens (including phenoxy) is 12. The van der Waals surface area contributed by atoms with Crippen LogP contribution in [0.1, 0.15) is 170 Å². The van der Waals surface area contributed by atoms with Crippen molar-refractivity contribution in [2.24, 2.45) is 52.5 Å². The summed E-state index contributed by atoms with van der Waals surface area (Å²) in [5, 5.41) is 113. The Morgan fingerprint density at radius 3 is 1.62 bits per heavy atom. The Balaban J connectivity index is 1.48. The van der Waals surface area contributed by atoms with Gasteiger partial charge in [0.05, 0.1) is 115 Å². The molecule has 1 amide bonds. The molecule has 5 aliphatic rings. The summed E-state index contributed by atoms with van der Waals surface area (Å²) >= 11 is 0. The summed E-state index contributed by atoms with van der Waals surface area (Å²) in [5.74, 6) is -10.9. The van der Waals surface area contributed by atoms with Crippen molar-refractivity contribution in [2.75, 3.05) is 62.0 Å². The summed E-state index contributed by atoms with van der Waals surface area (Å²) in [5.41, 5.74) is -8.55. The summed E-state index contributed by atoms with van der Waals surface area (Å²) in [4.78, 5) is 66.6. The molecule has 5 fully saturated rings. The first-order valence-electron chi connectivity index (χ1n) is 35.8. The highest BCUT2D eigenvalue weighted by molar-refractivity contribution is 5.89. The van der Waals surface area contributed by atoms with Crippen molar-refractivity contribution >= 4 is 29.3 Å². The highest BCUT2D eigenvalue weighted by atomic mass is 16.7. The number of carbonyl (C=O) groups excluding carboxylic acids is 4. The first kappa shape index (κ1) is 87.4. The number of hydrogen-bond acceptors (Lipinski definition) is 28. The minimum atomic E-state index is -2.08. The maximum atomic E-state index is 14.8. The third-order valence-electron chi connectivity index (χ3n) is 22.6. The molecule has 9 N–H and O–H groups in total. The predicted octanol–water partition coefficient (Wildman–Crippen LogP) is 3.00. The van der Waals surface area contributed by atoms with E-state index in [4.69, 9.17) is 61.7 Å². The summed E-state index contributed by atoms with van der Waals surface area (Å²) in [6.07, 6.45) is -21.4. The number of methoxy groups -OCH3 is 3. The number of ketones is 1. The molecule has 0 aromatic carbocycles. The summed E-state index contributed by atoms with van der Waals surface area (Å²) in [6, 6.07) is -1.83. The third kappa shape index (κ3) is 20.1. The highest BCUT2D eigenvalue weighted by Crippen LogP contribution is 2.44. The van der Waals surface area contributed by atoms with Gasteiger partial charge in [-0.05, 0) is 115 Å². The van der Waals surface area contributed by atoms with Crippen LogP contribution in [0, 0.1) is 47.3 Å². The number of oxime groups is 1. The molecule has 29 nitrogen and oxygen atoms in total. The maximum Gasteiger partial charge on any atom is 0.311 e. The number of esters is 2. The van der Waals surface area contributed by atoms with E-state index in [1.807, 2.05) is 0 Å². The van der Waals surface area contributed by atoms with E-state index in [1.54, 1.807) is 102 Å². The molecule has 100 heavy (non-hydrogen) atoms. The van der Waals surface area contributed by atoms with Gasteiger partial charge in [-0.25, -0.2) is 0 Å². The van der Waals surface area contributed by atoms with Crippen LogP contribution in [-0.2, 0) is 80.9 Å². The molecule has 0 bridgehead atoms. The van der Waals surface area contributed by atoms with Crippen molar-refractivity contribution in [3.63, 3.8) is 0 Å². The molecule has 32 atom stereocenters. The van der Waals surface area contributed by atoms with Crippen LogP contribution in [-0.4, -0.2) is 291 Å². The second-order valence-electron chi connectivity index (χ2n) is 30.8. The van der Waals surface area contributed by atoms with Crippen LogP contribution in [0.3, 0.4) is 0 Å². The molecular formula is C71H127N3O26. The van der Waals surface area contributed by atoms with E-state index in [-0.39, 0.29) is 77.2 Å². The number of cyclic esters (lactones) is 2. The number of carbonyl (C=O) groups is 4. The zero-order valence-corrected chi connectivity index (χ0v) is 63.7. The molecule has 29 heteroatoms. The predicted molar refractivity (Wildman–Crippen MR) is 362 cm³/mol. The molecule has 0 aromatic heterocycles. The van der Waals surface area contributed by atoms with Crippen LogP contribution < -0.4 is 0 Å². The number of Topliss-reactive ketones (excluding diaryl/α,β-unsaturated/α-hetero) is 1. The van der Waals surface area contributed by atoms with Gasteiger partial charge in [-0.15, -0.1) is 0 Å². The molecule has 5 heterocycles. The molecule has 5 aliphatic heterocycles. The van der Waals surface area contributed by atoms with Gasteiger partial charge >= 0.3 is 11.9 Å². The Kier molecular flexibility index (Phi) is 31.8. The van der Waals surface area contributed by atoms with Crippen LogP contribution in [0.4, 0.5) is 0 Å². The standard InChI is InChI=1S/C71H127N3O26/c1-24-48-70(17,86)58(80)39(7)52(72-92-34-91-27-26-88-21)35(3)30-67(14,85)61(41(9)54(77)42(10)63(83)96-48)99-66-56(79)47(29-38(6)94-66)74(20)50(75)33-73(19)46-28-37(5)93-65(55(46)78)100-62-43(11)57(98-51-32-68(15,89-22)60(82)45(13)95-51)44(12)64(84)97-49(25-2)71(18,87)59(81)40(8)53(76)36(4)31-69(62,16)90-23/h35-49,51,54-62,65-66,77-82,85-87H,24-34H2,1-23H3/b72-52+/t35-,36-,37?,38?,39+,40+,41+,42-,43+,44-,45?,46?,47?,48-,49-,51?,54+,55?,56?,57+,58-,59-,60?,61-,62-,65?,66?,67+,68?,69+,70-,71-/m1/s1. The quantitative estimate of drug-likeness (QED) is 0.0366. The SMILES string of the molecule is CC[C@H]1OC(=O)[C@H](C)[C@@H](OC2CC(C)(OC)C(O)C(C)O2)[C@H](C)[C@@H](OC2OC(C)CC(N(C)CC(=O)N(C)C3CC(C)OC(O[C@@H]4[C@@H](C)[C@H](O)[C@@H](C)C(=O)O[C@H](CC)[C@@](C)(O)[C@H](O)[C@@H](C)/C(=N/OCOCCOC)[C@H](C)C[C@]4(C)O)C3O)C2O)[C@@](C)(OC)C[C@@H](C)C(=O)[C@H](C)[C@@H](O)[C@]1(C)O. The normalized spacial score (nSPS) is 46.3. The molecule has 0 radical (unpaired) electrons. The number of hydrogen-bond donors (Lipinski definition) is 9. The first-order chi connectivity index (χ1) is 46.4. The molecule has 0 spiro atoms. The Labute approximate surface area is 592 Å². The smallest absolute Gasteiger partial charge is 0.311 e. The molecule has 5 saturated heterocycles. The van der Waals surface area contributed by atoms with E-state index in [0.717, 1.165) is 0 Å². The molecule has 12 unspecified atom stereocenters. The van der Waals surface area contributed by atoms with Gasteiger partial charge in [0.2, 0.25) is 12.7 Å². The molecule has 0 saturated carbocycles. The van der Waals surface area contributed by atoms with Gasteiger partial charge in [0, 0.05) is 76.3 Å². The Morgan fingerprint density at radius 1 is 0.580 bits per heavy atom. The highest BCUT2D eigenvalue weighted by Gasteiger charge is 2.57. The van der Waals surface area contributed by atoms with Crippen molar-refractivity contribution in [1.29, 1.82) is 0 Å². The largest absolute Gasteiger partial charge is 0.459 e. The van der Waals surface area contributed by atoms with E-state index in [0.29, 0.717) is 0 Å². The van der Waals surface area contributed by atoms with Crippen molar-refractivity contribution < 1.29 is 127 Å². The summed E-state index contributed by atoms with van der Waals surface area (Å²) < 4.78 is 74.4. The monoisotopic (exact) mass is 1440 g/mol. The molecule has 5 rings (SSSR count). The lowest BCUT2D eigenvalue weighted by molar-refractivity contribution is -0.319. The van der Waals surface area contributed by atoms with E-state index < -0.39 is 215 Å². The Hall–Kier alpha value is -3.25. The number of aliphatic hydroxyl groups is 9. The Bertz CT molecular complexity index is 2640. The van der Waals surface area contributed by atoms with Gasteiger partial charge in [-0.2, -0.15) is 0 Å². The lowest BCUT2D eigenvalue weighted by Crippen LogP contribution is -2.62. The van der Waals surface area contributed by atoms with Gasteiger partial charge < -0.3 is 113 Å². The van der Waals surface area contributed by atoms with Crippen LogP contribution in [0.15, 0.2) is 5.16 Å². The second-order valence-corrected chi connectivity index (χ2v) is 30.8. The molecular weight excluding hydrogens is 1310 g/mol. The van der Waals surface area contributed by atoms with Gasteiger partial charge in [0.15, 0.2) is 18.9 Å². The summed E-state index contributed by atoms with van der Waals surface area (Å²) in [6.45, 7) is 28.7. The number of amides is 1. The molecule has 0 aromatic rings. The van der Waals surface area contributed by atoms with E-state index in [1.165, 1.54) is 67.9 Å². The van der Waals surface area contributed by atoms with E-state index in [9.17, 15) is 65.1 Å². The van der Waals surface area contributed by atoms with Gasteiger partial charge in [0.25, 0.3) is 0 Å². The molecule has 582 valence electrons. The Morgan fingerprint density at radius 2 is 1.09 bits per heavy atom. The fourth-order valence-electron chi connectivity index (χ4n) is 15.9. The lowest BCUT2D eigenvalue weighted by atomic mass is 9.73. The number of aliphatic hydroxyl groups excluding tert-OH is 6. The zero-order chi connectivity index (χ0) is 75.8. The van der Waals surface area contributed by atoms with Crippen molar-refractivity contribution in [3.05, 3.63) is 0 Å². The average Bonchev–Trinajstić information content (AvgIpc) is 0.832. The second kappa shape index (κ2) is 36.4. The lowest BCUT2D eigenvalue weighted by Gasteiger charge is -2.50. The minimum Gasteiger partial charge on any atom is -0.459 e. The maximum absolute atomic E-state index is 14.8.